The Kier molecular flexibility index (Phi) is 5.88. The van der Waals surface area contributed by atoms with Gasteiger partial charge in [-0.25, -0.2) is 8.78 Å². The molecule has 0 amide bonds. The van der Waals surface area contributed by atoms with Crippen LogP contribution in [0.2, 0.25) is 10.0 Å². The van der Waals surface area contributed by atoms with Gasteiger partial charge in [0, 0.05) is 41.2 Å². The van der Waals surface area contributed by atoms with Gasteiger partial charge in [0.25, 0.3) is 0 Å². The first-order valence-electron chi connectivity index (χ1n) is 9.37. The zero-order chi connectivity index (χ0) is 20.5. The predicted molar refractivity (Wildman–Crippen MR) is 113 cm³/mol. The molecule has 0 saturated carbocycles. The highest BCUT2D eigenvalue weighted by molar-refractivity contribution is 6.30. The van der Waals surface area contributed by atoms with Crippen LogP contribution in [-0.2, 0) is 0 Å². The van der Waals surface area contributed by atoms with Crippen molar-refractivity contribution in [1.82, 2.24) is 4.90 Å². The number of hydrogen-bond acceptors (Lipinski definition) is 2. The molecule has 0 aliphatic carbocycles. The maximum absolute atomic E-state index is 13.6. The van der Waals surface area contributed by atoms with E-state index < -0.39 is 17.7 Å². The van der Waals surface area contributed by atoms with Crippen LogP contribution in [0, 0.1) is 17.6 Å². The van der Waals surface area contributed by atoms with Crippen molar-refractivity contribution in [1.29, 1.82) is 0 Å². The Balaban J connectivity index is 1.55. The van der Waals surface area contributed by atoms with E-state index in [-0.39, 0.29) is 12.0 Å². The Labute approximate surface area is 178 Å². The molecule has 0 radical (unpaired) electrons. The summed E-state index contributed by atoms with van der Waals surface area (Å²) in [7, 11) is 0. The third-order valence-electron chi connectivity index (χ3n) is 5.45. The summed E-state index contributed by atoms with van der Waals surface area (Å²) in [6.45, 7) is 1.43. The SMILES string of the molecule is NC(c1cc(F)cc(F)c1)C1CN(C(c2ccc(Cl)cc2)c2ccc(Cl)cc2)C1. The second-order valence-corrected chi connectivity index (χ2v) is 8.32. The highest BCUT2D eigenvalue weighted by atomic mass is 35.5. The van der Waals surface area contributed by atoms with Crippen molar-refractivity contribution in [2.45, 2.75) is 12.1 Å². The second kappa shape index (κ2) is 8.41. The molecule has 4 rings (SSSR count). The van der Waals surface area contributed by atoms with Gasteiger partial charge in [-0.15, -0.1) is 0 Å². The summed E-state index contributed by atoms with van der Waals surface area (Å²) in [5.74, 6) is -1.10. The van der Waals surface area contributed by atoms with Crippen LogP contribution < -0.4 is 5.73 Å². The van der Waals surface area contributed by atoms with E-state index in [0.29, 0.717) is 15.6 Å². The lowest BCUT2D eigenvalue weighted by atomic mass is 9.84. The first-order chi connectivity index (χ1) is 13.9. The fourth-order valence-corrected chi connectivity index (χ4v) is 4.18. The average Bonchev–Trinajstić information content (AvgIpc) is 2.65. The lowest BCUT2D eigenvalue weighted by Crippen LogP contribution is -2.52. The maximum atomic E-state index is 13.6. The van der Waals surface area contributed by atoms with Crippen LogP contribution in [0.1, 0.15) is 28.8 Å². The van der Waals surface area contributed by atoms with E-state index in [2.05, 4.69) is 4.90 Å². The summed E-state index contributed by atoms with van der Waals surface area (Å²) in [6.07, 6.45) is 0. The molecule has 150 valence electrons. The standard InChI is InChI=1S/C23H20Cl2F2N2/c24-18-5-1-14(2-6-18)23(15-3-7-19(25)8-4-15)29-12-17(13-29)22(28)16-9-20(26)11-21(27)10-16/h1-11,17,22-23H,12-13,28H2. The lowest BCUT2D eigenvalue weighted by Gasteiger charge is -2.47. The molecule has 2 N–H and O–H groups in total. The van der Waals surface area contributed by atoms with Crippen molar-refractivity contribution in [3.05, 3.63) is 105 Å². The number of rotatable bonds is 5. The summed E-state index contributed by atoms with van der Waals surface area (Å²) < 4.78 is 27.1. The van der Waals surface area contributed by atoms with E-state index in [1.54, 1.807) is 0 Å². The Hall–Kier alpha value is -1.98. The molecular formula is C23H20Cl2F2N2. The molecule has 0 aromatic heterocycles. The zero-order valence-electron chi connectivity index (χ0n) is 15.5. The topological polar surface area (TPSA) is 29.3 Å². The van der Waals surface area contributed by atoms with Crippen LogP contribution in [0.3, 0.4) is 0 Å². The van der Waals surface area contributed by atoms with Crippen LogP contribution in [0.15, 0.2) is 66.7 Å². The van der Waals surface area contributed by atoms with Gasteiger partial charge in [-0.05, 0) is 53.1 Å². The summed E-state index contributed by atoms with van der Waals surface area (Å²) in [5.41, 5.74) is 9.03. The van der Waals surface area contributed by atoms with Crippen LogP contribution in [0.25, 0.3) is 0 Å². The van der Waals surface area contributed by atoms with E-state index in [0.717, 1.165) is 30.3 Å². The fourth-order valence-electron chi connectivity index (χ4n) is 3.93. The van der Waals surface area contributed by atoms with Crippen molar-refractivity contribution in [3.63, 3.8) is 0 Å². The zero-order valence-corrected chi connectivity index (χ0v) is 17.0. The Bertz CT molecular complexity index is 921. The first kappa shape index (κ1) is 20.3. The van der Waals surface area contributed by atoms with Crippen LogP contribution in [0.4, 0.5) is 8.78 Å². The van der Waals surface area contributed by atoms with Gasteiger partial charge in [-0.2, -0.15) is 0 Å². The van der Waals surface area contributed by atoms with Crippen molar-refractivity contribution in [3.8, 4) is 0 Å². The number of likely N-dealkylation sites (tertiary alicyclic amines) is 1. The van der Waals surface area contributed by atoms with Crippen molar-refractivity contribution >= 4 is 23.2 Å². The van der Waals surface area contributed by atoms with Gasteiger partial charge < -0.3 is 5.73 Å². The summed E-state index contributed by atoms with van der Waals surface area (Å²) in [4.78, 5) is 2.30. The summed E-state index contributed by atoms with van der Waals surface area (Å²) in [5, 5.41) is 1.36. The summed E-state index contributed by atoms with van der Waals surface area (Å²) >= 11 is 12.1. The molecule has 1 unspecified atom stereocenters. The molecule has 1 fully saturated rings. The van der Waals surface area contributed by atoms with E-state index >= 15 is 0 Å². The Morgan fingerprint density at radius 3 is 1.66 bits per heavy atom. The van der Waals surface area contributed by atoms with Crippen molar-refractivity contribution in [2.24, 2.45) is 11.7 Å². The minimum absolute atomic E-state index is 0.0252. The van der Waals surface area contributed by atoms with Crippen LogP contribution >= 0.6 is 23.2 Å². The third kappa shape index (κ3) is 4.46. The van der Waals surface area contributed by atoms with E-state index in [9.17, 15) is 8.78 Å². The Morgan fingerprint density at radius 2 is 1.21 bits per heavy atom. The molecule has 3 aromatic rings. The van der Waals surface area contributed by atoms with Gasteiger partial charge >= 0.3 is 0 Å². The normalized spacial score (nSPS) is 16.1. The number of benzene rings is 3. The molecule has 0 spiro atoms. The van der Waals surface area contributed by atoms with Crippen molar-refractivity contribution in [2.75, 3.05) is 13.1 Å². The largest absolute Gasteiger partial charge is 0.324 e. The first-order valence-corrected chi connectivity index (χ1v) is 10.1. The molecule has 1 heterocycles. The maximum Gasteiger partial charge on any atom is 0.126 e. The highest BCUT2D eigenvalue weighted by Crippen LogP contribution is 2.38. The van der Waals surface area contributed by atoms with Gasteiger partial charge in [0.05, 0.1) is 6.04 Å². The lowest BCUT2D eigenvalue weighted by molar-refractivity contribution is 0.0525. The minimum Gasteiger partial charge on any atom is -0.324 e. The predicted octanol–water partition coefficient (Wildman–Crippen LogP) is 5.99. The van der Waals surface area contributed by atoms with E-state index in [1.807, 2.05) is 48.5 Å². The molecule has 1 aliphatic rings. The smallest absolute Gasteiger partial charge is 0.126 e. The van der Waals surface area contributed by atoms with Gasteiger partial charge in [0.1, 0.15) is 11.6 Å². The minimum atomic E-state index is -0.605. The molecule has 6 heteroatoms. The molecule has 1 saturated heterocycles. The number of halogens is 4. The molecule has 29 heavy (non-hydrogen) atoms. The second-order valence-electron chi connectivity index (χ2n) is 7.45. The quantitative estimate of drug-likeness (QED) is 0.536. The van der Waals surface area contributed by atoms with E-state index in [1.165, 1.54) is 12.1 Å². The Morgan fingerprint density at radius 1 is 0.759 bits per heavy atom. The van der Waals surface area contributed by atoms with Crippen LogP contribution in [-0.4, -0.2) is 18.0 Å². The monoisotopic (exact) mass is 432 g/mol. The molecule has 1 atom stereocenters. The van der Waals surface area contributed by atoms with Crippen LogP contribution in [0.5, 0.6) is 0 Å². The van der Waals surface area contributed by atoms with E-state index in [4.69, 9.17) is 28.9 Å². The molecule has 3 aromatic carbocycles. The third-order valence-corrected chi connectivity index (χ3v) is 5.96. The fraction of sp³-hybridized carbons (Fsp3) is 0.217. The number of nitrogens with two attached hydrogens (primary N) is 1. The molecule has 1 aliphatic heterocycles. The van der Waals surface area contributed by atoms with Gasteiger partial charge in [0.15, 0.2) is 0 Å². The number of hydrogen-bond donors (Lipinski definition) is 1. The molecule has 0 bridgehead atoms. The van der Waals surface area contributed by atoms with Gasteiger partial charge in [0.2, 0.25) is 0 Å². The van der Waals surface area contributed by atoms with Gasteiger partial charge in [-0.3, -0.25) is 4.90 Å². The summed E-state index contributed by atoms with van der Waals surface area (Å²) in [6, 6.07) is 18.6. The average molecular weight is 433 g/mol. The van der Waals surface area contributed by atoms with Gasteiger partial charge in [-0.1, -0.05) is 47.5 Å². The molecule has 2 nitrogen and oxygen atoms in total. The highest BCUT2D eigenvalue weighted by Gasteiger charge is 2.37. The van der Waals surface area contributed by atoms with Crippen molar-refractivity contribution < 1.29 is 8.78 Å². The number of nitrogens with zero attached hydrogens (tertiary/aromatic N) is 1. The molecular weight excluding hydrogens is 413 g/mol.